The average molecular weight is 430 g/mol. The summed E-state index contributed by atoms with van der Waals surface area (Å²) in [6.07, 6.45) is 4.47. The molecule has 162 valence electrons. The van der Waals surface area contributed by atoms with Gasteiger partial charge in [-0.2, -0.15) is 5.10 Å². The Hall–Kier alpha value is -4.39. The summed E-state index contributed by atoms with van der Waals surface area (Å²) in [6.45, 7) is 0. The van der Waals surface area contributed by atoms with Gasteiger partial charge in [0.25, 0.3) is 5.91 Å². The molecule has 0 atom stereocenters. The zero-order valence-electron chi connectivity index (χ0n) is 17.6. The molecule has 1 amide bonds. The molecule has 3 rings (SSSR count). The summed E-state index contributed by atoms with van der Waals surface area (Å²) in [7, 11) is 3.00. The molecule has 7 nitrogen and oxygen atoms in total. The van der Waals surface area contributed by atoms with Gasteiger partial charge >= 0.3 is 5.97 Å². The van der Waals surface area contributed by atoms with Crippen molar-refractivity contribution in [2.75, 3.05) is 14.2 Å². The minimum Gasteiger partial charge on any atom is -0.497 e. The Morgan fingerprint density at radius 1 is 0.844 bits per heavy atom. The van der Waals surface area contributed by atoms with Gasteiger partial charge in [0, 0.05) is 11.6 Å². The van der Waals surface area contributed by atoms with Crippen molar-refractivity contribution >= 4 is 24.2 Å². The summed E-state index contributed by atoms with van der Waals surface area (Å²) in [6, 6.07) is 21.1. The van der Waals surface area contributed by atoms with E-state index >= 15 is 0 Å². The van der Waals surface area contributed by atoms with Crippen LogP contribution in [0.4, 0.5) is 0 Å². The molecular formula is C25H22N2O5. The van der Waals surface area contributed by atoms with Crippen LogP contribution in [0.1, 0.15) is 21.5 Å². The average Bonchev–Trinajstić information content (AvgIpc) is 2.84. The Bertz CT molecular complexity index is 1140. The molecule has 7 heteroatoms. The smallest absolute Gasteiger partial charge is 0.336 e. The molecule has 0 aliphatic heterocycles. The van der Waals surface area contributed by atoms with Crippen LogP contribution in [0.3, 0.4) is 0 Å². The van der Waals surface area contributed by atoms with Crippen molar-refractivity contribution in [1.82, 2.24) is 5.43 Å². The number of methoxy groups -OCH3 is 2. The monoisotopic (exact) mass is 430 g/mol. The van der Waals surface area contributed by atoms with Crippen LogP contribution >= 0.6 is 0 Å². The van der Waals surface area contributed by atoms with Gasteiger partial charge in [0.05, 0.1) is 20.4 Å². The maximum atomic E-state index is 12.2. The minimum atomic E-state index is -0.529. The Morgan fingerprint density at radius 2 is 1.66 bits per heavy atom. The number of hydrogen-bond donors (Lipinski definition) is 1. The van der Waals surface area contributed by atoms with Gasteiger partial charge in [-0.05, 0) is 53.6 Å². The van der Waals surface area contributed by atoms with E-state index in [4.69, 9.17) is 14.2 Å². The van der Waals surface area contributed by atoms with Crippen LogP contribution in [0.25, 0.3) is 6.08 Å². The van der Waals surface area contributed by atoms with Crippen molar-refractivity contribution < 1.29 is 23.8 Å². The maximum Gasteiger partial charge on any atom is 0.336 e. The first-order chi connectivity index (χ1) is 15.6. The number of benzene rings is 3. The molecule has 0 unspecified atom stereocenters. The molecule has 0 radical (unpaired) electrons. The fourth-order valence-corrected chi connectivity index (χ4v) is 2.71. The van der Waals surface area contributed by atoms with E-state index < -0.39 is 5.97 Å². The van der Waals surface area contributed by atoms with Crippen LogP contribution in [-0.4, -0.2) is 32.3 Å². The molecule has 0 saturated carbocycles. The molecule has 0 aliphatic carbocycles. The molecular weight excluding hydrogens is 408 g/mol. The highest BCUT2D eigenvalue weighted by Gasteiger charge is 2.09. The van der Waals surface area contributed by atoms with Gasteiger partial charge in [0.15, 0.2) is 11.5 Å². The van der Waals surface area contributed by atoms with Crippen molar-refractivity contribution in [3.05, 3.63) is 95.6 Å². The van der Waals surface area contributed by atoms with E-state index in [1.165, 1.54) is 26.5 Å². The molecule has 0 fully saturated rings. The molecule has 0 bridgehead atoms. The van der Waals surface area contributed by atoms with Crippen LogP contribution in [0.15, 0.2) is 84.0 Å². The summed E-state index contributed by atoms with van der Waals surface area (Å²) in [5.41, 5.74) is 4.41. The fraction of sp³-hybridized carbons (Fsp3) is 0.0800. The van der Waals surface area contributed by atoms with E-state index in [9.17, 15) is 9.59 Å². The molecule has 3 aromatic carbocycles. The number of nitrogens with zero attached hydrogens (tertiary/aromatic N) is 1. The first kappa shape index (κ1) is 22.3. The van der Waals surface area contributed by atoms with Crippen LogP contribution < -0.4 is 19.6 Å². The third-order valence-corrected chi connectivity index (χ3v) is 4.32. The molecule has 3 aromatic rings. The number of amides is 1. The highest BCUT2D eigenvalue weighted by atomic mass is 16.6. The van der Waals surface area contributed by atoms with Gasteiger partial charge in [0.2, 0.25) is 0 Å². The van der Waals surface area contributed by atoms with Crippen molar-refractivity contribution in [3.63, 3.8) is 0 Å². The number of carbonyl (C=O) groups is 2. The van der Waals surface area contributed by atoms with Crippen LogP contribution in [0.5, 0.6) is 17.2 Å². The molecule has 0 aliphatic rings. The van der Waals surface area contributed by atoms with Crippen molar-refractivity contribution in [1.29, 1.82) is 0 Å². The molecule has 32 heavy (non-hydrogen) atoms. The third kappa shape index (κ3) is 6.30. The number of hydrogen-bond acceptors (Lipinski definition) is 6. The second-order valence-electron chi connectivity index (χ2n) is 6.51. The van der Waals surface area contributed by atoms with E-state index in [1.54, 1.807) is 48.5 Å². The SMILES string of the molecule is COc1cccc(C(=O)NN=Cc2ccc(OC(=O)C=Cc3ccccc3)c(OC)c2)c1. The standard InChI is InChI=1S/C25H22N2O5/c1-30-21-10-6-9-20(16-21)25(29)27-26-17-19-11-13-22(23(15-19)31-2)32-24(28)14-12-18-7-4-3-5-8-18/h3-17H,1-2H3,(H,27,29). The summed E-state index contributed by atoms with van der Waals surface area (Å²) >= 11 is 0. The second-order valence-corrected chi connectivity index (χ2v) is 6.51. The van der Waals surface area contributed by atoms with E-state index in [0.717, 1.165) is 5.56 Å². The van der Waals surface area contributed by atoms with Crippen LogP contribution in [0.2, 0.25) is 0 Å². The van der Waals surface area contributed by atoms with Gasteiger partial charge in [-0.3, -0.25) is 4.79 Å². The number of ether oxygens (including phenoxy) is 3. The minimum absolute atomic E-state index is 0.271. The van der Waals surface area contributed by atoms with Gasteiger partial charge in [-0.25, -0.2) is 10.2 Å². The molecule has 0 aromatic heterocycles. The van der Waals surface area contributed by atoms with Gasteiger partial charge in [-0.1, -0.05) is 36.4 Å². The van der Waals surface area contributed by atoms with E-state index in [2.05, 4.69) is 10.5 Å². The first-order valence-corrected chi connectivity index (χ1v) is 9.69. The lowest BCUT2D eigenvalue weighted by Crippen LogP contribution is -2.17. The second kappa shape index (κ2) is 11.1. The van der Waals surface area contributed by atoms with Crippen LogP contribution in [0, 0.1) is 0 Å². The molecule has 0 spiro atoms. The van der Waals surface area contributed by atoms with E-state index in [1.807, 2.05) is 30.3 Å². The number of rotatable bonds is 8. The lowest BCUT2D eigenvalue weighted by Gasteiger charge is -2.08. The predicted molar refractivity (Wildman–Crippen MR) is 122 cm³/mol. The van der Waals surface area contributed by atoms with Crippen LogP contribution in [-0.2, 0) is 4.79 Å². The summed E-state index contributed by atoms with van der Waals surface area (Å²) < 4.78 is 15.8. The molecule has 1 N–H and O–H groups in total. The highest BCUT2D eigenvalue weighted by molar-refractivity contribution is 5.95. The zero-order valence-corrected chi connectivity index (χ0v) is 17.6. The normalized spacial score (nSPS) is 10.8. The first-order valence-electron chi connectivity index (χ1n) is 9.69. The molecule has 0 saturated heterocycles. The Balaban J connectivity index is 1.62. The molecule has 0 heterocycles. The van der Waals surface area contributed by atoms with Crippen molar-refractivity contribution in [3.8, 4) is 17.2 Å². The van der Waals surface area contributed by atoms with E-state index in [-0.39, 0.29) is 11.7 Å². The van der Waals surface area contributed by atoms with Gasteiger partial charge < -0.3 is 14.2 Å². The largest absolute Gasteiger partial charge is 0.497 e. The zero-order chi connectivity index (χ0) is 22.8. The van der Waals surface area contributed by atoms with Crippen molar-refractivity contribution in [2.24, 2.45) is 5.10 Å². The highest BCUT2D eigenvalue weighted by Crippen LogP contribution is 2.27. The van der Waals surface area contributed by atoms with Gasteiger partial charge in [-0.15, -0.1) is 0 Å². The number of esters is 1. The Kier molecular flexibility index (Phi) is 7.75. The lowest BCUT2D eigenvalue weighted by molar-refractivity contribution is -0.129. The van der Waals surface area contributed by atoms with Gasteiger partial charge in [0.1, 0.15) is 5.75 Å². The summed E-state index contributed by atoms with van der Waals surface area (Å²) in [5, 5.41) is 3.96. The third-order valence-electron chi connectivity index (χ3n) is 4.32. The van der Waals surface area contributed by atoms with Crippen molar-refractivity contribution in [2.45, 2.75) is 0 Å². The number of nitrogens with one attached hydrogen (secondary N) is 1. The summed E-state index contributed by atoms with van der Waals surface area (Å²) in [5.74, 6) is 0.305. The maximum absolute atomic E-state index is 12.2. The number of carbonyl (C=O) groups excluding carboxylic acids is 2. The lowest BCUT2D eigenvalue weighted by atomic mass is 10.2. The topological polar surface area (TPSA) is 86.2 Å². The quantitative estimate of drug-likeness (QED) is 0.191. The Labute approximate surface area is 185 Å². The predicted octanol–water partition coefficient (Wildman–Crippen LogP) is 4.09. The summed E-state index contributed by atoms with van der Waals surface area (Å²) in [4.78, 5) is 24.3. The van der Waals surface area contributed by atoms with E-state index in [0.29, 0.717) is 22.6 Å². The number of hydrazone groups is 1. The fourth-order valence-electron chi connectivity index (χ4n) is 2.71. The Morgan fingerprint density at radius 3 is 2.41 bits per heavy atom.